The van der Waals surface area contributed by atoms with E-state index in [2.05, 4.69) is 14.9 Å². The fraction of sp³-hybridized carbons (Fsp3) is 0.304. The van der Waals surface area contributed by atoms with Gasteiger partial charge in [0.15, 0.2) is 0 Å². The molecule has 1 aromatic heterocycles. The second-order valence-electron chi connectivity index (χ2n) is 8.21. The van der Waals surface area contributed by atoms with E-state index in [1.165, 1.54) is 4.90 Å². The maximum Gasteiger partial charge on any atom is 0.407 e. The zero-order valence-corrected chi connectivity index (χ0v) is 18.2. The highest BCUT2D eigenvalue weighted by Gasteiger charge is 2.37. The Kier molecular flexibility index (Phi) is 5.09. The van der Waals surface area contributed by atoms with Gasteiger partial charge in [-0.15, -0.1) is 0 Å². The number of aromatic nitrogens is 1. The standard InChI is InChI=1S/C23H22ClN5O3/c1-27(23(31)32)18-8-9-28(13-18)20-7-6-17(11-25-20)29-12-15-10-19(26-21(15)22(29)30)14-2-4-16(24)5-3-14/h2-7,10-11,18-19H,8-9,12-13H2,1H3,(H,31,32). The molecule has 2 unspecified atom stereocenters. The Morgan fingerprint density at radius 3 is 2.66 bits per heavy atom. The normalized spacial score (nSPS) is 22.1. The lowest BCUT2D eigenvalue weighted by atomic mass is 10.1. The van der Waals surface area contributed by atoms with Crippen molar-refractivity contribution in [2.75, 3.05) is 36.5 Å². The van der Waals surface area contributed by atoms with Gasteiger partial charge in [-0.3, -0.25) is 9.79 Å². The monoisotopic (exact) mass is 451 g/mol. The molecule has 2 aromatic rings. The first kappa shape index (κ1) is 20.5. The third-order valence-corrected chi connectivity index (χ3v) is 6.55. The Morgan fingerprint density at radius 1 is 1.22 bits per heavy atom. The number of amides is 2. The summed E-state index contributed by atoms with van der Waals surface area (Å²) in [6, 6.07) is 11.1. The van der Waals surface area contributed by atoms with E-state index >= 15 is 0 Å². The molecule has 3 aliphatic rings. The van der Waals surface area contributed by atoms with E-state index < -0.39 is 6.09 Å². The minimum atomic E-state index is -0.922. The number of hydrogen-bond acceptors (Lipinski definition) is 5. The molecule has 32 heavy (non-hydrogen) atoms. The van der Waals surface area contributed by atoms with Gasteiger partial charge in [-0.1, -0.05) is 23.7 Å². The fourth-order valence-corrected chi connectivity index (χ4v) is 4.53. The largest absolute Gasteiger partial charge is 0.465 e. The van der Waals surface area contributed by atoms with Gasteiger partial charge < -0.3 is 19.8 Å². The number of carbonyl (C=O) groups is 2. The predicted octanol–water partition coefficient (Wildman–Crippen LogP) is 3.39. The van der Waals surface area contributed by atoms with Crippen LogP contribution in [-0.2, 0) is 4.79 Å². The average molecular weight is 452 g/mol. The Labute approximate surface area is 190 Å². The van der Waals surface area contributed by atoms with E-state index in [1.807, 2.05) is 42.5 Å². The van der Waals surface area contributed by atoms with Gasteiger partial charge in [0.25, 0.3) is 5.91 Å². The third-order valence-electron chi connectivity index (χ3n) is 6.30. The third kappa shape index (κ3) is 3.60. The molecular weight excluding hydrogens is 430 g/mol. The summed E-state index contributed by atoms with van der Waals surface area (Å²) < 4.78 is 0. The first-order valence-electron chi connectivity index (χ1n) is 10.4. The van der Waals surface area contributed by atoms with Crippen molar-refractivity contribution in [1.82, 2.24) is 9.88 Å². The van der Waals surface area contributed by atoms with Crippen LogP contribution >= 0.6 is 11.6 Å². The van der Waals surface area contributed by atoms with E-state index in [1.54, 1.807) is 18.1 Å². The van der Waals surface area contributed by atoms with Crippen molar-refractivity contribution in [1.29, 1.82) is 0 Å². The van der Waals surface area contributed by atoms with E-state index in [4.69, 9.17) is 11.6 Å². The lowest BCUT2D eigenvalue weighted by Crippen LogP contribution is -2.38. The number of nitrogens with zero attached hydrogens (tertiary/aromatic N) is 5. The number of fused-ring (bicyclic) bond motifs is 1. The zero-order chi connectivity index (χ0) is 22.4. The Balaban J connectivity index is 1.27. The quantitative estimate of drug-likeness (QED) is 0.769. The molecule has 164 valence electrons. The Bertz CT molecular complexity index is 1130. The minimum absolute atomic E-state index is 0.0490. The Morgan fingerprint density at radius 2 is 2.00 bits per heavy atom. The number of carbonyl (C=O) groups excluding carboxylic acids is 1. The van der Waals surface area contributed by atoms with Crippen LogP contribution in [0.5, 0.6) is 0 Å². The zero-order valence-electron chi connectivity index (χ0n) is 17.5. The van der Waals surface area contributed by atoms with Gasteiger partial charge in [-0.2, -0.15) is 0 Å². The summed E-state index contributed by atoms with van der Waals surface area (Å²) in [5, 5.41) is 9.85. The van der Waals surface area contributed by atoms with Gasteiger partial charge in [-0.05, 0) is 42.3 Å². The van der Waals surface area contributed by atoms with E-state index in [9.17, 15) is 14.7 Å². The van der Waals surface area contributed by atoms with Crippen LogP contribution in [0.3, 0.4) is 0 Å². The van der Waals surface area contributed by atoms with Gasteiger partial charge in [0.05, 0.1) is 30.5 Å². The highest BCUT2D eigenvalue weighted by molar-refractivity contribution is 6.53. The molecule has 8 nitrogen and oxygen atoms in total. The van der Waals surface area contributed by atoms with E-state index in [0.29, 0.717) is 23.8 Å². The summed E-state index contributed by atoms with van der Waals surface area (Å²) in [5.74, 6) is 0.660. The van der Waals surface area contributed by atoms with Crippen LogP contribution in [-0.4, -0.2) is 65.4 Å². The Hall–Kier alpha value is -3.39. The van der Waals surface area contributed by atoms with Crippen molar-refractivity contribution < 1.29 is 14.7 Å². The van der Waals surface area contributed by atoms with Crippen molar-refractivity contribution in [3.8, 4) is 0 Å². The lowest BCUT2D eigenvalue weighted by Gasteiger charge is -2.23. The van der Waals surface area contributed by atoms with Gasteiger partial charge in [0.1, 0.15) is 11.5 Å². The van der Waals surface area contributed by atoms with Gasteiger partial charge >= 0.3 is 6.09 Å². The minimum Gasteiger partial charge on any atom is -0.465 e. The second-order valence-corrected chi connectivity index (χ2v) is 8.65. The molecule has 0 aliphatic carbocycles. The molecule has 2 amide bonds. The second kappa shape index (κ2) is 7.94. The summed E-state index contributed by atoms with van der Waals surface area (Å²) in [5.41, 5.74) is 3.16. The molecule has 2 saturated heterocycles. The number of aliphatic imine (C=N–C) groups is 1. The molecule has 0 saturated carbocycles. The lowest BCUT2D eigenvalue weighted by molar-refractivity contribution is -0.111. The van der Waals surface area contributed by atoms with Gasteiger partial charge in [0, 0.05) is 30.7 Å². The van der Waals surface area contributed by atoms with Crippen molar-refractivity contribution in [2.24, 2.45) is 4.99 Å². The SMILES string of the molecule is CN(C(=O)O)C1CCN(c2ccc(N3CC4=CC(c5ccc(Cl)cc5)N=C4C3=O)cn2)C1. The van der Waals surface area contributed by atoms with Crippen LogP contribution in [0.4, 0.5) is 16.3 Å². The molecule has 2 atom stereocenters. The first-order chi connectivity index (χ1) is 15.4. The summed E-state index contributed by atoms with van der Waals surface area (Å²) in [6.07, 6.45) is 3.57. The molecule has 0 spiro atoms. The molecule has 1 aromatic carbocycles. The summed E-state index contributed by atoms with van der Waals surface area (Å²) in [6.45, 7) is 1.82. The van der Waals surface area contributed by atoms with Crippen LogP contribution in [0.1, 0.15) is 18.0 Å². The highest BCUT2D eigenvalue weighted by atomic mass is 35.5. The van der Waals surface area contributed by atoms with Gasteiger partial charge in [0.2, 0.25) is 0 Å². The van der Waals surface area contributed by atoms with Crippen molar-refractivity contribution in [3.63, 3.8) is 0 Å². The smallest absolute Gasteiger partial charge is 0.407 e. The van der Waals surface area contributed by atoms with Crippen molar-refractivity contribution in [3.05, 3.63) is 64.8 Å². The van der Waals surface area contributed by atoms with Crippen molar-refractivity contribution >= 4 is 40.8 Å². The van der Waals surface area contributed by atoms with Crippen LogP contribution in [0.15, 0.2) is 59.2 Å². The molecule has 1 N–H and O–H groups in total. The molecule has 0 bridgehead atoms. The average Bonchev–Trinajstić information content (AvgIpc) is 3.50. The number of carboxylic acid groups (broad SMARTS) is 1. The highest BCUT2D eigenvalue weighted by Crippen LogP contribution is 2.34. The van der Waals surface area contributed by atoms with Crippen LogP contribution < -0.4 is 9.80 Å². The number of anilines is 2. The van der Waals surface area contributed by atoms with Crippen LogP contribution in [0.2, 0.25) is 5.02 Å². The van der Waals surface area contributed by atoms with E-state index in [0.717, 1.165) is 35.6 Å². The van der Waals surface area contributed by atoms with Crippen LogP contribution in [0.25, 0.3) is 0 Å². The van der Waals surface area contributed by atoms with Crippen molar-refractivity contribution in [2.45, 2.75) is 18.5 Å². The number of rotatable bonds is 4. The molecule has 5 rings (SSSR count). The molecule has 2 fully saturated rings. The first-order valence-corrected chi connectivity index (χ1v) is 10.8. The number of likely N-dealkylation sites (N-methyl/N-ethyl adjacent to an activating group) is 1. The maximum atomic E-state index is 13.0. The summed E-state index contributed by atoms with van der Waals surface area (Å²) in [4.78, 5) is 38.4. The predicted molar refractivity (Wildman–Crippen MR) is 123 cm³/mol. The molecule has 0 radical (unpaired) electrons. The molecular formula is C23H22ClN5O3. The fourth-order valence-electron chi connectivity index (χ4n) is 4.41. The van der Waals surface area contributed by atoms with Crippen LogP contribution in [0, 0.1) is 0 Å². The molecule has 4 heterocycles. The number of halogens is 1. The topological polar surface area (TPSA) is 89.3 Å². The number of benzene rings is 1. The summed E-state index contributed by atoms with van der Waals surface area (Å²) in [7, 11) is 1.60. The molecule has 3 aliphatic heterocycles. The van der Waals surface area contributed by atoms with E-state index in [-0.39, 0.29) is 18.0 Å². The number of hydrogen-bond donors (Lipinski definition) is 1. The summed E-state index contributed by atoms with van der Waals surface area (Å²) >= 11 is 5.96. The van der Waals surface area contributed by atoms with Gasteiger partial charge in [-0.25, -0.2) is 9.78 Å². The molecule has 9 heteroatoms. The maximum absolute atomic E-state index is 13.0. The number of pyridine rings is 1.